The molecule has 19 heavy (non-hydrogen) atoms. The summed E-state index contributed by atoms with van der Waals surface area (Å²) >= 11 is 0. The van der Waals surface area contributed by atoms with Crippen LogP contribution >= 0.6 is 0 Å². The van der Waals surface area contributed by atoms with Gasteiger partial charge in [0.15, 0.2) is 5.78 Å². The third-order valence-corrected chi connectivity index (χ3v) is 3.82. The summed E-state index contributed by atoms with van der Waals surface area (Å²) in [7, 11) is 0. The van der Waals surface area contributed by atoms with Gasteiger partial charge in [-0.15, -0.1) is 0 Å². The van der Waals surface area contributed by atoms with Gasteiger partial charge in [-0.2, -0.15) is 0 Å². The largest absolute Gasteiger partial charge is 0.292 e. The average molecular weight is 262 g/mol. The molecular weight excluding hydrogens is 244 g/mol. The Hall–Kier alpha value is -1.78. The number of carbonyl (C=O) groups is 1. The summed E-state index contributed by atoms with van der Waals surface area (Å²) in [5.41, 5.74) is 0.347. The molecule has 0 N–H and O–H groups in total. The first kappa shape index (κ1) is 13.6. The molecule has 102 valence electrons. The van der Waals surface area contributed by atoms with Gasteiger partial charge in [-0.05, 0) is 30.9 Å². The molecule has 0 bridgehead atoms. The van der Waals surface area contributed by atoms with E-state index in [1.807, 2.05) is 0 Å². The molecule has 0 amide bonds. The zero-order chi connectivity index (χ0) is 13.7. The van der Waals surface area contributed by atoms with Crippen molar-refractivity contribution >= 4 is 5.78 Å². The van der Waals surface area contributed by atoms with E-state index in [0.717, 1.165) is 25.7 Å². The number of nitrogens with zero attached hydrogens (tertiary/aromatic N) is 2. The third kappa shape index (κ3) is 3.59. The lowest BCUT2D eigenvalue weighted by Crippen LogP contribution is -2.32. The number of nitro groups is 1. The zero-order valence-electron chi connectivity index (χ0n) is 10.8. The third-order valence-electron chi connectivity index (χ3n) is 3.82. The Morgan fingerprint density at radius 2 is 2.11 bits per heavy atom. The Kier molecular flexibility index (Phi) is 4.60. The highest BCUT2D eigenvalue weighted by atomic mass is 16.6. The molecule has 0 saturated heterocycles. The van der Waals surface area contributed by atoms with Crippen LogP contribution in [0.15, 0.2) is 24.4 Å². The van der Waals surface area contributed by atoms with Crippen LogP contribution in [0.1, 0.15) is 42.6 Å². The SMILES string of the molecule is O=C(c1ccccn1)[C@@H](C[N+](=O)[O-])C1CCCCC1. The number of pyridine rings is 1. The van der Waals surface area contributed by atoms with Crippen LogP contribution < -0.4 is 0 Å². The van der Waals surface area contributed by atoms with E-state index < -0.39 is 5.92 Å². The first-order valence-corrected chi connectivity index (χ1v) is 6.75. The lowest BCUT2D eigenvalue weighted by molar-refractivity contribution is -0.487. The Morgan fingerprint density at radius 3 is 2.68 bits per heavy atom. The fourth-order valence-electron chi connectivity index (χ4n) is 2.84. The van der Waals surface area contributed by atoms with Crippen LogP contribution in [0.3, 0.4) is 0 Å². The summed E-state index contributed by atoms with van der Waals surface area (Å²) in [5.74, 6) is -0.567. The summed E-state index contributed by atoms with van der Waals surface area (Å²) < 4.78 is 0. The minimum atomic E-state index is -0.523. The quantitative estimate of drug-likeness (QED) is 0.464. The fraction of sp³-hybridized carbons (Fsp3) is 0.571. The van der Waals surface area contributed by atoms with Crippen molar-refractivity contribution < 1.29 is 9.72 Å². The van der Waals surface area contributed by atoms with Gasteiger partial charge in [0.1, 0.15) is 5.69 Å². The Bertz CT molecular complexity index is 441. The average Bonchev–Trinajstić information content (AvgIpc) is 2.46. The molecule has 0 aromatic carbocycles. The Labute approximate surface area is 112 Å². The first-order chi connectivity index (χ1) is 9.18. The molecule has 5 heteroatoms. The maximum atomic E-state index is 12.4. The number of rotatable bonds is 5. The topological polar surface area (TPSA) is 73.1 Å². The standard InChI is InChI=1S/C14H18N2O3/c17-14(13-8-4-5-9-15-13)12(10-16(18)19)11-6-2-1-3-7-11/h4-5,8-9,11-12H,1-3,6-7,10H2/t12-/m0/s1. The van der Waals surface area contributed by atoms with Crippen molar-refractivity contribution in [3.63, 3.8) is 0 Å². The van der Waals surface area contributed by atoms with Crippen molar-refractivity contribution in [3.05, 3.63) is 40.2 Å². The maximum absolute atomic E-state index is 12.4. The molecule has 1 saturated carbocycles. The summed E-state index contributed by atoms with van der Waals surface area (Å²) in [4.78, 5) is 26.9. The smallest absolute Gasteiger partial charge is 0.214 e. The first-order valence-electron chi connectivity index (χ1n) is 6.75. The second-order valence-corrected chi connectivity index (χ2v) is 5.10. The molecule has 0 unspecified atom stereocenters. The van der Waals surface area contributed by atoms with Crippen molar-refractivity contribution in [1.29, 1.82) is 0 Å². The Morgan fingerprint density at radius 1 is 1.37 bits per heavy atom. The Balaban J connectivity index is 2.16. The number of hydrogen-bond acceptors (Lipinski definition) is 4. The highest BCUT2D eigenvalue weighted by Gasteiger charge is 2.34. The summed E-state index contributed by atoms with van der Waals surface area (Å²) in [6, 6.07) is 5.11. The van der Waals surface area contributed by atoms with E-state index in [0.29, 0.717) is 5.69 Å². The second-order valence-electron chi connectivity index (χ2n) is 5.10. The van der Waals surface area contributed by atoms with Crippen molar-refractivity contribution in [2.24, 2.45) is 11.8 Å². The van der Waals surface area contributed by atoms with Gasteiger partial charge < -0.3 is 0 Å². The van der Waals surface area contributed by atoms with Gasteiger partial charge in [-0.3, -0.25) is 19.9 Å². The van der Waals surface area contributed by atoms with Crippen molar-refractivity contribution in [2.75, 3.05) is 6.54 Å². The summed E-state index contributed by atoms with van der Waals surface area (Å²) in [5, 5.41) is 10.8. The van der Waals surface area contributed by atoms with E-state index in [4.69, 9.17) is 0 Å². The van der Waals surface area contributed by atoms with Crippen LogP contribution in [-0.4, -0.2) is 22.2 Å². The molecule has 1 aliphatic rings. The van der Waals surface area contributed by atoms with Crippen molar-refractivity contribution in [2.45, 2.75) is 32.1 Å². The molecule has 2 rings (SSSR count). The van der Waals surface area contributed by atoms with Crippen LogP contribution in [0, 0.1) is 22.0 Å². The van der Waals surface area contributed by atoms with E-state index in [-0.39, 0.29) is 23.2 Å². The molecule has 1 aliphatic carbocycles. The second kappa shape index (κ2) is 6.41. The van der Waals surface area contributed by atoms with Crippen LogP contribution in [0.2, 0.25) is 0 Å². The molecule has 1 heterocycles. The fourth-order valence-corrected chi connectivity index (χ4v) is 2.84. The van der Waals surface area contributed by atoms with E-state index in [9.17, 15) is 14.9 Å². The normalized spacial score (nSPS) is 17.9. The number of hydrogen-bond donors (Lipinski definition) is 0. The molecule has 1 atom stereocenters. The van der Waals surface area contributed by atoms with Crippen molar-refractivity contribution in [1.82, 2.24) is 4.98 Å². The van der Waals surface area contributed by atoms with Gasteiger partial charge in [0.25, 0.3) is 0 Å². The summed E-state index contributed by atoms with van der Waals surface area (Å²) in [6.45, 7) is -0.278. The minimum absolute atomic E-state index is 0.133. The molecule has 0 radical (unpaired) electrons. The van der Waals surface area contributed by atoms with Crippen LogP contribution in [0.25, 0.3) is 0 Å². The zero-order valence-corrected chi connectivity index (χ0v) is 10.8. The monoisotopic (exact) mass is 262 g/mol. The number of aromatic nitrogens is 1. The number of ketones is 1. The lowest BCUT2D eigenvalue weighted by atomic mass is 9.77. The van der Waals surface area contributed by atoms with Crippen LogP contribution in [0.5, 0.6) is 0 Å². The maximum Gasteiger partial charge on any atom is 0.214 e. The molecule has 5 nitrogen and oxygen atoms in total. The highest BCUT2D eigenvalue weighted by Crippen LogP contribution is 2.31. The molecule has 0 spiro atoms. The van der Waals surface area contributed by atoms with Crippen molar-refractivity contribution in [3.8, 4) is 0 Å². The minimum Gasteiger partial charge on any atom is -0.292 e. The molecule has 1 fully saturated rings. The molecule has 1 aromatic heterocycles. The summed E-state index contributed by atoms with van der Waals surface area (Å²) in [6.07, 6.45) is 6.67. The van der Waals surface area contributed by atoms with Gasteiger partial charge in [0.2, 0.25) is 6.54 Å². The molecule has 1 aromatic rings. The lowest BCUT2D eigenvalue weighted by Gasteiger charge is -2.26. The van der Waals surface area contributed by atoms with Gasteiger partial charge >= 0.3 is 0 Å². The van der Waals surface area contributed by atoms with E-state index >= 15 is 0 Å². The highest BCUT2D eigenvalue weighted by molar-refractivity contribution is 5.96. The predicted molar refractivity (Wildman–Crippen MR) is 70.5 cm³/mol. The predicted octanol–water partition coefficient (Wildman–Crippen LogP) is 2.74. The number of Topliss-reactive ketones (excluding diaryl/α,β-unsaturated/α-hetero) is 1. The molecular formula is C14H18N2O3. The van der Waals surface area contributed by atoms with Gasteiger partial charge in [-0.1, -0.05) is 25.3 Å². The number of carbonyl (C=O) groups excluding carboxylic acids is 1. The van der Waals surface area contributed by atoms with Crippen LogP contribution in [-0.2, 0) is 0 Å². The van der Waals surface area contributed by atoms with Gasteiger partial charge in [0, 0.05) is 11.1 Å². The van der Waals surface area contributed by atoms with Crippen LogP contribution in [0.4, 0.5) is 0 Å². The van der Waals surface area contributed by atoms with Gasteiger partial charge in [0.05, 0.1) is 5.92 Å². The van der Waals surface area contributed by atoms with E-state index in [2.05, 4.69) is 4.98 Å². The molecule has 0 aliphatic heterocycles. The van der Waals surface area contributed by atoms with E-state index in [1.165, 1.54) is 6.42 Å². The van der Waals surface area contributed by atoms with Gasteiger partial charge in [-0.25, -0.2) is 0 Å². The van der Waals surface area contributed by atoms with E-state index in [1.54, 1.807) is 24.4 Å².